The van der Waals surface area contributed by atoms with Crippen molar-refractivity contribution in [3.05, 3.63) is 10.9 Å². The van der Waals surface area contributed by atoms with E-state index in [1.165, 1.54) is 109 Å². The molecule has 0 aromatic carbocycles. The molecule has 0 bridgehead atoms. The molecule has 0 radical (unpaired) electrons. The Morgan fingerprint density at radius 3 is 1.24 bits per heavy atom. The van der Waals surface area contributed by atoms with Gasteiger partial charge in [0.05, 0.1) is 0 Å². The van der Waals surface area contributed by atoms with E-state index < -0.39 is 0 Å². The summed E-state index contributed by atoms with van der Waals surface area (Å²) in [6, 6.07) is 0. The second kappa shape index (κ2) is 18.9. The van der Waals surface area contributed by atoms with Gasteiger partial charge in [0, 0.05) is 0 Å². The lowest BCUT2D eigenvalue weighted by atomic mass is 10.1. The van der Waals surface area contributed by atoms with Crippen molar-refractivity contribution >= 4 is 7.92 Å². The smallest absolute Gasteiger partial charge is 0.0289 e. The summed E-state index contributed by atoms with van der Waals surface area (Å²) in [4.78, 5) is 0. The molecule has 0 unspecified atom stereocenters. The van der Waals surface area contributed by atoms with Gasteiger partial charge in [-0.1, -0.05) is 112 Å². The molecule has 0 atom stereocenters. The highest BCUT2D eigenvalue weighted by atomic mass is 31.1. The molecule has 0 spiro atoms. The molecule has 150 valence electrons. The van der Waals surface area contributed by atoms with Crippen molar-refractivity contribution in [3.8, 4) is 0 Å². The summed E-state index contributed by atoms with van der Waals surface area (Å²) < 4.78 is 0. The zero-order valence-electron chi connectivity index (χ0n) is 18.5. The van der Waals surface area contributed by atoms with Gasteiger partial charge in [0.25, 0.3) is 0 Å². The highest BCUT2D eigenvalue weighted by molar-refractivity contribution is 7.62. The van der Waals surface area contributed by atoms with Gasteiger partial charge >= 0.3 is 0 Å². The van der Waals surface area contributed by atoms with E-state index in [4.69, 9.17) is 0 Å². The second-order valence-corrected chi connectivity index (χ2v) is 10.1. The molecule has 0 aromatic rings. The summed E-state index contributed by atoms with van der Waals surface area (Å²) in [5, 5.41) is 1.90. The number of unbranched alkanes of at least 4 members (excludes halogenated alkanes) is 10. The van der Waals surface area contributed by atoms with Gasteiger partial charge in [-0.05, 0) is 49.7 Å². The van der Waals surface area contributed by atoms with E-state index in [2.05, 4.69) is 34.6 Å². The standard InChI is InChI=1S/C24H49P/c1-6-11-13-15-17-19-21-25(22-20-18-16-14-12-7-2)24(10-5)23(8-3)9-4/h6-22H2,1-5H3. The number of hydrogen-bond donors (Lipinski definition) is 0. The van der Waals surface area contributed by atoms with E-state index in [1.54, 1.807) is 5.57 Å². The van der Waals surface area contributed by atoms with E-state index in [1.807, 2.05) is 5.31 Å². The normalized spacial score (nSPS) is 11.3. The largest absolute Gasteiger partial charge is 0.0798 e. The quantitative estimate of drug-likeness (QED) is 0.167. The number of allylic oxidation sites excluding steroid dienone is 2. The molecule has 0 saturated carbocycles. The third kappa shape index (κ3) is 13.1. The lowest BCUT2D eigenvalue weighted by molar-refractivity contribution is 0.622. The molecule has 0 aliphatic rings. The Labute approximate surface area is 162 Å². The van der Waals surface area contributed by atoms with Crippen molar-refractivity contribution < 1.29 is 0 Å². The molecule has 0 aliphatic heterocycles. The fourth-order valence-corrected chi connectivity index (χ4v) is 7.09. The van der Waals surface area contributed by atoms with E-state index in [0.717, 1.165) is 0 Å². The summed E-state index contributed by atoms with van der Waals surface area (Å²) in [5.74, 6) is 0. The Hall–Kier alpha value is 0.170. The first-order valence-electron chi connectivity index (χ1n) is 11.7. The fraction of sp³-hybridized carbons (Fsp3) is 0.917. The average Bonchev–Trinajstić information content (AvgIpc) is 2.63. The second-order valence-electron chi connectivity index (χ2n) is 7.63. The van der Waals surface area contributed by atoms with Crippen LogP contribution < -0.4 is 0 Å². The number of rotatable bonds is 18. The van der Waals surface area contributed by atoms with Crippen molar-refractivity contribution in [3.63, 3.8) is 0 Å². The zero-order valence-corrected chi connectivity index (χ0v) is 19.4. The van der Waals surface area contributed by atoms with Gasteiger partial charge in [-0.3, -0.25) is 0 Å². The van der Waals surface area contributed by atoms with Gasteiger partial charge in [-0.2, -0.15) is 0 Å². The monoisotopic (exact) mass is 368 g/mol. The van der Waals surface area contributed by atoms with Crippen molar-refractivity contribution in [2.24, 2.45) is 0 Å². The van der Waals surface area contributed by atoms with Crippen LogP contribution in [0.5, 0.6) is 0 Å². The van der Waals surface area contributed by atoms with Gasteiger partial charge in [0.1, 0.15) is 0 Å². The Kier molecular flexibility index (Phi) is 19.1. The maximum Gasteiger partial charge on any atom is -0.0289 e. The summed E-state index contributed by atoms with van der Waals surface area (Å²) in [6.45, 7) is 11.8. The van der Waals surface area contributed by atoms with Crippen LogP contribution in [0.3, 0.4) is 0 Å². The lowest BCUT2D eigenvalue weighted by Crippen LogP contribution is -1.98. The third-order valence-electron chi connectivity index (χ3n) is 5.54. The Morgan fingerprint density at radius 1 is 0.480 bits per heavy atom. The first kappa shape index (κ1) is 25.2. The molecule has 0 amide bonds. The SMILES string of the molecule is CCCCCCCCP(CCCCCCCC)C(CC)=C(CC)CC. The van der Waals surface area contributed by atoms with Crippen LogP contribution in [0.15, 0.2) is 10.9 Å². The van der Waals surface area contributed by atoms with Crippen LogP contribution in [0.25, 0.3) is 0 Å². The molecule has 0 N–H and O–H groups in total. The molecular formula is C24H49P. The Morgan fingerprint density at radius 2 is 0.880 bits per heavy atom. The Bertz CT molecular complexity index is 283. The first-order valence-corrected chi connectivity index (χ1v) is 13.4. The molecule has 0 nitrogen and oxygen atoms in total. The summed E-state index contributed by atoms with van der Waals surface area (Å²) in [7, 11) is 0.155. The zero-order chi connectivity index (χ0) is 18.8. The van der Waals surface area contributed by atoms with Crippen LogP contribution in [0.4, 0.5) is 0 Å². The molecule has 0 heterocycles. The van der Waals surface area contributed by atoms with Gasteiger partial charge < -0.3 is 0 Å². The summed E-state index contributed by atoms with van der Waals surface area (Å²) >= 11 is 0. The molecule has 0 saturated heterocycles. The molecule has 0 aromatic heterocycles. The summed E-state index contributed by atoms with van der Waals surface area (Å²) in [5.41, 5.74) is 1.80. The van der Waals surface area contributed by atoms with Crippen molar-refractivity contribution in [2.45, 2.75) is 131 Å². The summed E-state index contributed by atoms with van der Waals surface area (Å²) in [6.07, 6.45) is 24.3. The van der Waals surface area contributed by atoms with Crippen LogP contribution in [-0.4, -0.2) is 12.3 Å². The van der Waals surface area contributed by atoms with Gasteiger partial charge in [0.15, 0.2) is 0 Å². The minimum absolute atomic E-state index is 0.155. The maximum absolute atomic E-state index is 2.42. The van der Waals surface area contributed by atoms with E-state index >= 15 is 0 Å². The third-order valence-corrected chi connectivity index (χ3v) is 8.65. The minimum Gasteiger partial charge on any atom is -0.0798 e. The molecule has 0 fully saturated rings. The van der Waals surface area contributed by atoms with Crippen LogP contribution in [0.1, 0.15) is 131 Å². The average molecular weight is 369 g/mol. The van der Waals surface area contributed by atoms with Crippen LogP contribution in [0, 0.1) is 0 Å². The van der Waals surface area contributed by atoms with Crippen LogP contribution in [0.2, 0.25) is 0 Å². The molecule has 1 heteroatoms. The van der Waals surface area contributed by atoms with Gasteiger partial charge in [0.2, 0.25) is 0 Å². The van der Waals surface area contributed by atoms with E-state index in [9.17, 15) is 0 Å². The van der Waals surface area contributed by atoms with Crippen LogP contribution in [-0.2, 0) is 0 Å². The predicted molar refractivity (Wildman–Crippen MR) is 121 cm³/mol. The molecular weight excluding hydrogens is 319 g/mol. The van der Waals surface area contributed by atoms with Gasteiger partial charge in [-0.25, -0.2) is 0 Å². The van der Waals surface area contributed by atoms with E-state index in [0.29, 0.717) is 0 Å². The lowest BCUT2D eigenvalue weighted by Gasteiger charge is -2.24. The van der Waals surface area contributed by atoms with Crippen molar-refractivity contribution in [1.29, 1.82) is 0 Å². The Balaban J connectivity index is 4.46. The highest BCUT2D eigenvalue weighted by Crippen LogP contribution is 2.50. The molecule has 25 heavy (non-hydrogen) atoms. The molecule has 0 rings (SSSR count). The molecule has 0 aliphatic carbocycles. The topological polar surface area (TPSA) is 0 Å². The predicted octanol–water partition coefficient (Wildman–Crippen LogP) is 9.67. The highest BCUT2D eigenvalue weighted by Gasteiger charge is 2.15. The minimum atomic E-state index is 0.155. The van der Waals surface area contributed by atoms with Crippen molar-refractivity contribution in [2.75, 3.05) is 12.3 Å². The van der Waals surface area contributed by atoms with Gasteiger partial charge in [-0.15, -0.1) is 0 Å². The van der Waals surface area contributed by atoms with Crippen LogP contribution >= 0.6 is 7.92 Å². The maximum atomic E-state index is 2.42. The fourth-order valence-electron chi connectivity index (χ4n) is 3.90. The first-order chi connectivity index (χ1) is 12.2. The number of hydrogen-bond acceptors (Lipinski definition) is 0. The van der Waals surface area contributed by atoms with E-state index in [-0.39, 0.29) is 7.92 Å². The van der Waals surface area contributed by atoms with Crippen molar-refractivity contribution in [1.82, 2.24) is 0 Å².